The Morgan fingerprint density at radius 1 is 0.852 bits per heavy atom. The molecule has 27 heavy (non-hydrogen) atoms. The van der Waals surface area contributed by atoms with Gasteiger partial charge in [0.2, 0.25) is 0 Å². The maximum absolute atomic E-state index is 6.22. The molecule has 2 aliphatic rings. The molecule has 2 heterocycles. The SMILES string of the molecule is CC1(C)O[C@H]2[C@@H](OCc3ccccc3)[C@@H](OCc3ccccc3)OC[C@@H]2O1. The molecule has 2 fully saturated rings. The largest absolute Gasteiger partial charge is 0.365 e. The van der Waals surface area contributed by atoms with Crippen molar-refractivity contribution in [2.45, 2.75) is 57.5 Å². The average molecular weight is 370 g/mol. The summed E-state index contributed by atoms with van der Waals surface area (Å²) in [5, 5.41) is 0. The lowest BCUT2D eigenvalue weighted by Crippen LogP contribution is -2.53. The van der Waals surface area contributed by atoms with Gasteiger partial charge >= 0.3 is 0 Å². The highest BCUT2D eigenvalue weighted by Gasteiger charge is 2.52. The standard InChI is InChI=1S/C22H26O5/c1-22(2)26-18-15-25-21(24-14-17-11-7-4-8-12-17)20(19(18)27-22)23-13-16-9-5-3-6-10-16/h3-12,18-21H,13-15H2,1-2H3/t18-,19+,20+,21-/m0/s1. The van der Waals surface area contributed by atoms with Crippen LogP contribution in [0.2, 0.25) is 0 Å². The first-order valence-corrected chi connectivity index (χ1v) is 9.39. The molecule has 0 unspecified atom stereocenters. The van der Waals surface area contributed by atoms with Crippen LogP contribution >= 0.6 is 0 Å². The summed E-state index contributed by atoms with van der Waals surface area (Å²) < 4.78 is 30.3. The van der Waals surface area contributed by atoms with Crippen molar-refractivity contribution in [3.05, 3.63) is 71.8 Å². The van der Waals surface area contributed by atoms with E-state index in [2.05, 4.69) is 0 Å². The number of hydrogen-bond donors (Lipinski definition) is 0. The van der Waals surface area contributed by atoms with Crippen LogP contribution in [0.1, 0.15) is 25.0 Å². The van der Waals surface area contributed by atoms with Crippen LogP contribution in [-0.2, 0) is 36.9 Å². The van der Waals surface area contributed by atoms with E-state index in [0.29, 0.717) is 19.8 Å². The average Bonchev–Trinajstić information content (AvgIpc) is 3.00. The van der Waals surface area contributed by atoms with Gasteiger partial charge in [0.05, 0.1) is 19.8 Å². The molecule has 0 bridgehead atoms. The van der Waals surface area contributed by atoms with Crippen LogP contribution in [0.5, 0.6) is 0 Å². The van der Waals surface area contributed by atoms with Crippen molar-refractivity contribution in [1.82, 2.24) is 0 Å². The maximum atomic E-state index is 6.22. The zero-order valence-electron chi connectivity index (χ0n) is 15.7. The molecule has 2 aromatic carbocycles. The fraction of sp³-hybridized carbons (Fsp3) is 0.455. The summed E-state index contributed by atoms with van der Waals surface area (Å²) in [6.07, 6.45) is -1.25. The van der Waals surface area contributed by atoms with Crippen LogP contribution in [0.15, 0.2) is 60.7 Å². The summed E-state index contributed by atoms with van der Waals surface area (Å²) in [5.41, 5.74) is 2.19. The van der Waals surface area contributed by atoms with Crippen molar-refractivity contribution >= 4 is 0 Å². The highest BCUT2D eigenvalue weighted by molar-refractivity contribution is 5.14. The van der Waals surface area contributed by atoms with Gasteiger partial charge in [-0.2, -0.15) is 0 Å². The molecule has 0 radical (unpaired) electrons. The molecule has 2 aliphatic heterocycles. The Hall–Kier alpha value is -1.76. The number of hydrogen-bond acceptors (Lipinski definition) is 5. The minimum atomic E-state index is -0.651. The van der Waals surface area contributed by atoms with Crippen LogP contribution in [0.25, 0.3) is 0 Å². The Bertz CT molecular complexity index is 718. The van der Waals surface area contributed by atoms with E-state index in [0.717, 1.165) is 11.1 Å². The van der Waals surface area contributed by atoms with Gasteiger partial charge in [-0.3, -0.25) is 0 Å². The predicted octanol–water partition coefficient (Wildman–Crippen LogP) is 3.67. The molecule has 0 spiro atoms. The normalized spacial score (nSPS) is 29.4. The third kappa shape index (κ3) is 4.57. The summed E-state index contributed by atoms with van der Waals surface area (Å²) in [4.78, 5) is 0. The molecule has 4 rings (SSSR count). The van der Waals surface area contributed by atoms with Gasteiger partial charge in [0.15, 0.2) is 12.1 Å². The Balaban J connectivity index is 1.46. The molecule has 4 atom stereocenters. The fourth-order valence-electron chi connectivity index (χ4n) is 3.55. The number of fused-ring (bicyclic) bond motifs is 1. The van der Waals surface area contributed by atoms with Gasteiger partial charge in [-0.25, -0.2) is 0 Å². The first-order valence-electron chi connectivity index (χ1n) is 9.39. The molecule has 0 aliphatic carbocycles. The minimum Gasteiger partial charge on any atom is -0.365 e. The second-order valence-corrected chi connectivity index (χ2v) is 7.40. The first-order chi connectivity index (χ1) is 13.1. The van der Waals surface area contributed by atoms with Gasteiger partial charge in [-0.1, -0.05) is 60.7 Å². The van der Waals surface area contributed by atoms with Gasteiger partial charge in [0.1, 0.15) is 18.3 Å². The highest BCUT2D eigenvalue weighted by Crippen LogP contribution is 2.36. The van der Waals surface area contributed by atoms with Crippen molar-refractivity contribution in [2.24, 2.45) is 0 Å². The lowest BCUT2D eigenvalue weighted by Gasteiger charge is -2.37. The Morgan fingerprint density at radius 2 is 1.44 bits per heavy atom. The lowest BCUT2D eigenvalue weighted by molar-refractivity contribution is -0.270. The molecule has 144 valence electrons. The van der Waals surface area contributed by atoms with E-state index in [-0.39, 0.29) is 18.3 Å². The van der Waals surface area contributed by atoms with Gasteiger partial charge < -0.3 is 23.7 Å². The molecule has 0 amide bonds. The van der Waals surface area contributed by atoms with E-state index < -0.39 is 12.1 Å². The van der Waals surface area contributed by atoms with Crippen LogP contribution in [0.4, 0.5) is 0 Å². The third-order valence-corrected chi connectivity index (χ3v) is 4.78. The molecule has 5 nitrogen and oxygen atoms in total. The maximum Gasteiger partial charge on any atom is 0.186 e. The first kappa shape index (κ1) is 18.6. The van der Waals surface area contributed by atoms with E-state index in [9.17, 15) is 0 Å². The topological polar surface area (TPSA) is 46.2 Å². The highest BCUT2D eigenvalue weighted by atomic mass is 16.8. The summed E-state index contributed by atoms with van der Waals surface area (Å²) in [7, 11) is 0. The summed E-state index contributed by atoms with van der Waals surface area (Å²) in [6.45, 7) is 5.18. The molecule has 5 heteroatoms. The van der Waals surface area contributed by atoms with Gasteiger partial charge in [0.25, 0.3) is 0 Å². The molecule has 2 aromatic rings. The van der Waals surface area contributed by atoms with Crippen molar-refractivity contribution in [2.75, 3.05) is 6.61 Å². The van der Waals surface area contributed by atoms with E-state index in [4.69, 9.17) is 23.7 Å². The van der Waals surface area contributed by atoms with Gasteiger partial charge in [0, 0.05) is 0 Å². The number of ether oxygens (including phenoxy) is 5. The van der Waals surface area contributed by atoms with Gasteiger partial charge in [-0.05, 0) is 25.0 Å². The van der Waals surface area contributed by atoms with E-state index in [1.807, 2.05) is 74.5 Å². The van der Waals surface area contributed by atoms with Crippen LogP contribution in [0, 0.1) is 0 Å². The van der Waals surface area contributed by atoms with Crippen LogP contribution < -0.4 is 0 Å². The zero-order chi connectivity index (χ0) is 18.7. The molecule has 0 saturated carbocycles. The summed E-state index contributed by atoms with van der Waals surface area (Å²) in [6, 6.07) is 20.1. The Morgan fingerprint density at radius 3 is 2.07 bits per heavy atom. The fourth-order valence-corrected chi connectivity index (χ4v) is 3.55. The smallest absolute Gasteiger partial charge is 0.186 e. The van der Waals surface area contributed by atoms with Crippen molar-refractivity contribution in [3.8, 4) is 0 Å². The summed E-state index contributed by atoms with van der Waals surface area (Å²) >= 11 is 0. The van der Waals surface area contributed by atoms with E-state index >= 15 is 0 Å². The quantitative estimate of drug-likeness (QED) is 0.776. The van der Waals surface area contributed by atoms with E-state index in [1.165, 1.54) is 0 Å². The minimum absolute atomic E-state index is 0.155. The van der Waals surface area contributed by atoms with Crippen molar-refractivity contribution in [1.29, 1.82) is 0 Å². The molecule has 0 N–H and O–H groups in total. The van der Waals surface area contributed by atoms with Crippen molar-refractivity contribution < 1.29 is 23.7 Å². The molecular weight excluding hydrogens is 344 g/mol. The monoisotopic (exact) mass is 370 g/mol. The second kappa shape index (κ2) is 8.09. The summed E-state index contributed by atoms with van der Waals surface area (Å²) in [5.74, 6) is -0.651. The Kier molecular flexibility index (Phi) is 5.57. The lowest BCUT2D eigenvalue weighted by atomic mass is 10.1. The third-order valence-electron chi connectivity index (χ3n) is 4.78. The van der Waals surface area contributed by atoms with Gasteiger partial charge in [-0.15, -0.1) is 0 Å². The van der Waals surface area contributed by atoms with E-state index in [1.54, 1.807) is 0 Å². The second-order valence-electron chi connectivity index (χ2n) is 7.40. The predicted molar refractivity (Wildman–Crippen MR) is 99.8 cm³/mol. The van der Waals surface area contributed by atoms with Crippen LogP contribution in [-0.4, -0.2) is 37.0 Å². The molecule has 2 saturated heterocycles. The molecular formula is C22H26O5. The number of benzene rings is 2. The Labute approximate surface area is 160 Å². The van der Waals surface area contributed by atoms with Crippen molar-refractivity contribution in [3.63, 3.8) is 0 Å². The zero-order valence-corrected chi connectivity index (χ0v) is 15.7. The molecule has 0 aromatic heterocycles. The number of rotatable bonds is 6. The van der Waals surface area contributed by atoms with Crippen LogP contribution in [0.3, 0.4) is 0 Å².